The molecule has 2 aliphatic rings. The minimum atomic E-state index is -4.03. The number of benzene rings is 4. The maximum absolute atomic E-state index is 12.1. The normalized spacial score (nSPS) is 14.4. The van der Waals surface area contributed by atoms with Gasteiger partial charge in [-0.25, -0.2) is 22.8 Å². The Morgan fingerprint density at radius 3 is 1.39 bits per heavy atom. The number of carbonyl (C=O) groups is 6. The number of aromatic carboxylic acids is 1. The fourth-order valence-electron chi connectivity index (χ4n) is 7.01. The van der Waals surface area contributed by atoms with Gasteiger partial charge in [0.1, 0.15) is 58.7 Å². The Kier molecular flexibility index (Phi) is 18.2. The number of unbranched alkanes of at least 4 members (excludes halogenated alkanes) is 2. The highest BCUT2D eigenvalue weighted by atomic mass is 32.2. The molecule has 2 fully saturated rings. The molecule has 2 aliphatic heterocycles. The fourth-order valence-corrected chi connectivity index (χ4v) is 9.33. The topological polar surface area (TPSA) is 345 Å². The summed E-state index contributed by atoms with van der Waals surface area (Å²) in [7, 11) is -8.04. The number of anilines is 2. The summed E-state index contributed by atoms with van der Waals surface area (Å²) in [6.07, 6.45) is 3.35. The van der Waals surface area contributed by atoms with Gasteiger partial charge in [-0.3, -0.25) is 24.0 Å². The van der Waals surface area contributed by atoms with Crippen LogP contribution >= 0.6 is 0 Å². The van der Waals surface area contributed by atoms with Crippen molar-refractivity contribution in [3.8, 4) is 34.5 Å². The van der Waals surface area contributed by atoms with Crippen LogP contribution in [0, 0.1) is 0 Å². The first-order valence-corrected chi connectivity index (χ1v) is 24.5. The lowest BCUT2D eigenvalue weighted by atomic mass is 10.1. The second kappa shape index (κ2) is 24.0. The van der Waals surface area contributed by atoms with Crippen molar-refractivity contribution in [2.75, 3.05) is 48.0 Å². The van der Waals surface area contributed by atoms with Gasteiger partial charge in [-0.05, 0) is 105 Å². The van der Waals surface area contributed by atoms with Crippen LogP contribution in [0.1, 0.15) is 77.3 Å². The first kappa shape index (κ1) is 53.2. The van der Waals surface area contributed by atoms with Crippen LogP contribution < -0.4 is 38.2 Å². The molecule has 0 bridgehead atoms. The average Bonchev–Trinajstić information content (AvgIpc) is 3.73. The van der Waals surface area contributed by atoms with Gasteiger partial charge >= 0.3 is 26.4 Å². The molecule has 9 N–H and O–H groups in total. The van der Waals surface area contributed by atoms with E-state index in [0.29, 0.717) is 75.1 Å². The SMILES string of the molecule is CC(=O)c1c(O)cccc1OCCCCNC(=O)CCc1ccc(N2CC(=O)NS2(=O)=O)c(O)c1.O=C(CCc1ccc(N2CC(=O)NS2(=O)=O)c(O)c1)NCCCCOc1cccc(O)c1C(=O)O. The number of hydrogen-bond acceptors (Lipinski definition) is 16. The van der Waals surface area contributed by atoms with E-state index < -0.39 is 51.3 Å². The molecule has 4 aromatic carbocycles. The molecule has 70 heavy (non-hydrogen) atoms. The third-order valence-electron chi connectivity index (χ3n) is 10.4. The lowest BCUT2D eigenvalue weighted by Gasteiger charge is -2.16. The minimum absolute atomic E-state index is 0.0140. The molecular weight excluding hydrogens is 961 g/mol. The summed E-state index contributed by atoms with van der Waals surface area (Å²) in [6, 6.07) is 17.5. The summed E-state index contributed by atoms with van der Waals surface area (Å²) < 4.78 is 63.9. The van der Waals surface area contributed by atoms with Crippen molar-refractivity contribution >= 4 is 67.2 Å². The molecule has 0 spiro atoms. The Balaban J connectivity index is 0.000000261. The van der Waals surface area contributed by atoms with Crippen LogP contribution in [-0.4, -0.2) is 117 Å². The van der Waals surface area contributed by atoms with Crippen molar-refractivity contribution in [2.45, 2.75) is 58.3 Å². The van der Waals surface area contributed by atoms with E-state index in [-0.39, 0.29) is 88.3 Å². The van der Waals surface area contributed by atoms with Gasteiger partial charge < -0.3 is 45.6 Å². The van der Waals surface area contributed by atoms with Gasteiger partial charge in [0.25, 0.3) is 11.8 Å². The molecule has 23 nitrogen and oxygen atoms in total. The zero-order chi connectivity index (χ0) is 51.2. The monoisotopic (exact) mass is 1010 g/mol. The van der Waals surface area contributed by atoms with Crippen molar-refractivity contribution in [3.63, 3.8) is 0 Å². The lowest BCUT2D eigenvalue weighted by molar-refractivity contribution is -0.121. The van der Waals surface area contributed by atoms with Crippen LogP contribution in [0.4, 0.5) is 11.4 Å². The molecule has 0 aliphatic carbocycles. The number of carbonyl (C=O) groups excluding carboxylic acids is 5. The second-order valence-corrected chi connectivity index (χ2v) is 18.9. The van der Waals surface area contributed by atoms with Gasteiger partial charge in [-0.15, -0.1) is 0 Å². The van der Waals surface area contributed by atoms with Crippen LogP contribution in [0.3, 0.4) is 0 Å². The van der Waals surface area contributed by atoms with Crippen LogP contribution in [0.5, 0.6) is 34.5 Å². The Bertz CT molecular complexity index is 2650. The van der Waals surface area contributed by atoms with Crippen molar-refractivity contribution in [3.05, 3.63) is 95.1 Å². The standard InChI is InChI=1S/C23H27N3O8S.C22H25N3O9S/c1-15(27)23-18(28)5-4-6-20(23)34-12-3-2-11-24-21(30)10-8-16-7-9-17(19(29)13-16)26-14-22(31)25-35(26,32)33;26-16-4-3-5-18(21(16)22(30)31)34-11-2-1-10-23-19(28)9-7-14-6-8-15(17(27)12-14)25-13-20(29)24-35(25,32)33/h4-7,9,13,28-29H,2-3,8,10-12,14H2,1H3,(H,24,30)(H,25,31);3-6,8,12,26-27H,1-2,7,9-11,13H2,(H,23,28)(H,24,29)(H,30,31). The first-order chi connectivity index (χ1) is 33.2. The maximum atomic E-state index is 12.1. The molecular formula is C45H52N6O17S2. The van der Waals surface area contributed by atoms with Gasteiger partial charge in [0.05, 0.1) is 24.6 Å². The average molecular weight is 1010 g/mol. The highest BCUT2D eigenvalue weighted by Gasteiger charge is 2.36. The predicted octanol–water partition coefficient (Wildman–Crippen LogP) is 2.27. The Hall–Kier alpha value is -7.80. The number of aromatic hydroxyl groups is 4. The summed E-state index contributed by atoms with van der Waals surface area (Å²) in [4.78, 5) is 69.8. The van der Waals surface area contributed by atoms with E-state index in [4.69, 9.17) is 14.6 Å². The van der Waals surface area contributed by atoms with E-state index in [0.717, 1.165) is 8.61 Å². The summed E-state index contributed by atoms with van der Waals surface area (Å²) in [6.45, 7) is 1.86. The van der Waals surface area contributed by atoms with E-state index in [1.165, 1.54) is 55.5 Å². The summed E-state index contributed by atoms with van der Waals surface area (Å²) in [5, 5.41) is 54.6. The molecule has 0 saturated carbocycles. The number of aryl methyl sites for hydroxylation is 2. The van der Waals surface area contributed by atoms with E-state index in [9.17, 15) is 66.0 Å². The zero-order valence-electron chi connectivity index (χ0n) is 37.7. The number of Topliss-reactive ketones (excluding diaryl/α,β-unsaturated/α-hetero) is 1. The van der Waals surface area contributed by atoms with Gasteiger partial charge in [-0.1, -0.05) is 24.3 Å². The second-order valence-electron chi connectivity index (χ2n) is 15.7. The van der Waals surface area contributed by atoms with Gasteiger partial charge in [-0.2, -0.15) is 16.8 Å². The zero-order valence-corrected chi connectivity index (χ0v) is 39.3. The number of hydrogen-bond donors (Lipinski definition) is 9. The number of phenolic OH excluding ortho intramolecular Hbond substituents is 3. The third kappa shape index (κ3) is 14.6. The van der Waals surface area contributed by atoms with Crippen LogP contribution in [0.25, 0.3) is 0 Å². The third-order valence-corrected chi connectivity index (χ3v) is 13.2. The van der Waals surface area contributed by atoms with Crippen molar-refractivity contribution in [1.82, 2.24) is 20.1 Å². The van der Waals surface area contributed by atoms with Crippen molar-refractivity contribution in [1.29, 1.82) is 0 Å². The number of nitrogens with zero attached hydrogens (tertiary/aromatic N) is 2. The largest absolute Gasteiger partial charge is 0.507 e. The first-order valence-electron chi connectivity index (χ1n) is 21.6. The molecule has 0 atom stereocenters. The summed E-state index contributed by atoms with van der Waals surface area (Å²) in [5.41, 5.74) is 1.06. The number of carboxylic acids is 1. The van der Waals surface area contributed by atoms with Gasteiger partial charge in [0.15, 0.2) is 5.78 Å². The van der Waals surface area contributed by atoms with E-state index in [1.807, 2.05) is 9.44 Å². The highest BCUT2D eigenvalue weighted by molar-refractivity contribution is 7.92. The maximum Gasteiger partial charge on any atom is 0.343 e. The Labute approximate surface area is 402 Å². The van der Waals surface area contributed by atoms with Crippen LogP contribution in [0.15, 0.2) is 72.8 Å². The number of carboxylic acid groups (broad SMARTS) is 1. The van der Waals surface area contributed by atoms with Gasteiger partial charge in [0.2, 0.25) is 11.8 Å². The molecule has 0 aromatic heterocycles. The van der Waals surface area contributed by atoms with E-state index >= 15 is 0 Å². The quantitative estimate of drug-likeness (QED) is 0.0403. The number of ketones is 1. The van der Waals surface area contributed by atoms with Crippen LogP contribution in [-0.2, 0) is 52.4 Å². The fraction of sp³-hybridized carbons (Fsp3) is 0.333. The number of ether oxygens (including phenoxy) is 2. The van der Waals surface area contributed by atoms with E-state index in [1.54, 1.807) is 24.3 Å². The molecule has 2 saturated heterocycles. The number of amides is 4. The van der Waals surface area contributed by atoms with E-state index in [2.05, 4.69) is 10.6 Å². The summed E-state index contributed by atoms with van der Waals surface area (Å²) >= 11 is 0. The summed E-state index contributed by atoms with van der Waals surface area (Å²) in [5.74, 6) is -4.09. The van der Waals surface area contributed by atoms with Gasteiger partial charge in [0, 0.05) is 25.9 Å². The molecule has 376 valence electrons. The molecule has 25 heteroatoms. The lowest BCUT2D eigenvalue weighted by Crippen LogP contribution is -2.29. The number of phenols is 4. The highest BCUT2D eigenvalue weighted by Crippen LogP contribution is 2.34. The van der Waals surface area contributed by atoms with Crippen LogP contribution in [0.2, 0.25) is 0 Å². The molecule has 0 unspecified atom stereocenters. The Morgan fingerprint density at radius 2 is 1.01 bits per heavy atom. The molecule has 4 aromatic rings. The smallest absolute Gasteiger partial charge is 0.343 e. The molecule has 2 heterocycles. The minimum Gasteiger partial charge on any atom is -0.507 e. The Morgan fingerprint density at radius 1 is 0.600 bits per heavy atom. The number of rotatable bonds is 22. The number of nitrogens with one attached hydrogen (secondary N) is 4. The molecule has 0 radical (unpaired) electrons. The predicted molar refractivity (Wildman–Crippen MR) is 250 cm³/mol. The molecule has 4 amide bonds. The van der Waals surface area contributed by atoms with Crippen molar-refractivity contribution < 1.29 is 80.6 Å². The van der Waals surface area contributed by atoms with Crippen molar-refractivity contribution in [2.24, 2.45) is 0 Å². The molecule has 6 rings (SSSR count).